The Morgan fingerprint density at radius 3 is 2.32 bits per heavy atom. The van der Waals surface area contributed by atoms with Crippen LogP contribution < -0.4 is 9.83 Å². The molecule has 0 aromatic heterocycles. The second-order valence-electron chi connectivity index (χ2n) is 5.85. The minimum Gasteiger partial charge on any atom is -0.858 e. The summed E-state index contributed by atoms with van der Waals surface area (Å²) in [5, 5.41) is 13.1. The fourth-order valence-electron chi connectivity index (χ4n) is 2.41. The number of hydrogen-bond donors (Lipinski definition) is 1. The van der Waals surface area contributed by atoms with Crippen molar-refractivity contribution in [3.63, 3.8) is 0 Å². The Kier molecular flexibility index (Phi) is 6.39. The normalized spacial score (nSPS) is 12.0. The van der Waals surface area contributed by atoms with Gasteiger partial charge in [0, 0.05) is 15.1 Å². The van der Waals surface area contributed by atoms with Gasteiger partial charge < -0.3 is 5.11 Å². The van der Waals surface area contributed by atoms with E-state index in [0.29, 0.717) is 5.02 Å². The molecule has 3 rings (SSSR count). The van der Waals surface area contributed by atoms with Crippen molar-refractivity contribution in [2.75, 3.05) is 4.72 Å². The van der Waals surface area contributed by atoms with Crippen molar-refractivity contribution in [1.82, 2.24) is 0 Å². The first-order valence-corrected chi connectivity index (χ1v) is 10.8. The smallest absolute Gasteiger partial charge is 0.261 e. The molecule has 0 radical (unpaired) electrons. The molecular formula is C20H15BrClN2O3S-. The third-order valence-corrected chi connectivity index (χ3v) is 6.01. The summed E-state index contributed by atoms with van der Waals surface area (Å²) in [7, 11) is -3.84. The molecule has 0 aliphatic rings. The summed E-state index contributed by atoms with van der Waals surface area (Å²) < 4.78 is 28.5. The average molecular weight is 479 g/mol. The highest BCUT2D eigenvalue weighted by molar-refractivity contribution is 9.10. The van der Waals surface area contributed by atoms with E-state index < -0.39 is 15.9 Å². The van der Waals surface area contributed by atoms with E-state index in [1.165, 1.54) is 24.3 Å². The van der Waals surface area contributed by atoms with Gasteiger partial charge in [-0.3, -0.25) is 9.71 Å². The van der Waals surface area contributed by atoms with Crippen LogP contribution in [0.5, 0.6) is 0 Å². The molecule has 0 amide bonds. The fourth-order valence-corrected chi connectivity index (χ4v) is 3.88. The molecule has 0 aliphatic carbocycles. The highest BCUT2D eigenvalue weighted by Gasteiger charge is 2.15. The van der Waals surface area contributed by atoms with E-state index in [2.05, 4.69) is 25.6 Å². The highest BCUT2D eigenvalue weighted by atomic mass is 79.9. The molecule has 8 heteroatoms. The quantitative estimate of drug-likeness (QED) is 0.426. The minimum atomic E-state index is -3.84. The summed E-state index contributed by atoms with van der Waals surface area (Å²) in [5.41, 5.74) is 1.18. The van der Waals surface area contributed by atoms with Gasteiger partial charge in [0.05, 0.1) is 17.1 Å². The SMILES string of the molecule is O=S(=O)(Nc1ccccc1C([O-])=NCc1ccc(Cl)cc1)c1ccc(Br)cc1. The number of aliphatic imine (C=N–C) groups is 1. The lowest BCUT2D eigenvalue weighted by Gasteiger charge is -2.17. The number of hydrogen-bond acceptors (Lipinski definition) is 4. The predicted molar refractivity (Wildman–Crippen MR) is 113 cm³/mol. The zero-order chi connectivity index (χ0) is 20.1. The Bertz CT molecular complexity index is 1100. The van der Waals surface area contributed by atoms with Crippen molar-refractivity contribution in [3.05, 3.63) is 93.4 Å². The summed E-state index contributed by atoms with van der Waals surface area (Å²) in [4.78, 5) is 4.14. The van der Waals surface area contributed by atoms with Gasteiger partial charge in [-0.1, -0.05) is 57.9 Å². The zero-order valence-electron chi connectivity index (χ0n) is 14.5. The fraction of sp³-hybridized carbons (Fsp3) is 0.0500. The van der Waals surface area contributed by atoms with Gasteiger partial charge in [-0.15, -0.1) is 0 Å². The summed E-state index contributed by atoms with van der Waals surface area (Å²) in [5.74, 6) is -0.510. The number of benzene rings is 3. The molecule has 28 heavy (non-hydrogen) atoms. The largest absolute Gasteiger partial charge is 0.858 e. The van der Waals surface area contributed by atoms with Crippen molar-refractivity contribution in [3.8, 4) is 0 Å². The van der Waals surface area contributed by atoms with Crippen molar-refractivity contribution in [2.24, 2.45) is 4.99 Å². The summed E-state index contributed by atoms with van der Waals surface area (Å²) in [6, 6.07) is 19.6. The molecule has 0 saturated heterocycles. The van der Waals surface area contributed by atoms with Crippen LogP contribution in [0.15, 0.2) is 87.2 Å². The molecule has 0 fully saturated rings. The van der Waals surface area contributed by atoms with Crippen LogP contribution >= 0.6 is 27.5 Å². The second kappa shape index (κ2) is 8.77. The van der Waals surface area contributed by atoms with Crippen molar-refractivity contribution < 1.29 is 13.5 Å². The molecule has 0 saturated carbocycles. The molecule has 0 spiro atoms. The van der Waals surface area contributed by atoms with Gasteiger partial charge in [-0.05, 0) is 53.9 Å². The molecule has 1 N–H and O–H groups in total. The number of halogens is 2. The lowest BCUT2D eigenvalue weighted by atomic mass is 10.2. The first-order chi connectivity index (χ1) is 13.3. The van der Waals surface area contributed by atoms with Crippen LogP contribution in [0.3, 0.4) is 0 Å². The molecule has 0 unspecified atom stereocenters. The lowest BCUT2D eigenvalue weighted by Crippen LogP contribution is -2.22. The van der Waals surface area contributed by atoms with Crippen molar-refractivity contribution in [2.45, 2.75) is 11.4 Å². The summed E-state index contributed by atoms with van der Waals surface area (Å²) in [6.45, 7) is 0.170. The monoisotopic (exact) mass is 477 g/mol. The number of rotatable bonds is 6. The molecule has 3 aromatic carbocycles. The van der Waals surface area contributed by atoms with E-state index in [4.69, 9.17) is 11.6 Å². The van der Waals surface area contributed by atoms with Crippen molar-refractivity contribution in [1.29, 1.82) is 0 Å². The molecule has 0 aliphatic heterocycles. The van der Waals surface area contributed by atoms with E-state index >= 15 is 0 Å². The predicted octanol–water partition coefficient (Wildman–Crippen LogP) is 4.21. The summed E-state index contributed by atoms with van der Waals surface area (Å²) >= 11 is 9.12. The van der Waals surface area contributed by atoms with Gasteiger partial charge in [0.2, 0.25) is 0 Å². The number of anilines is 1. The van der Waals surface area contributed by atoms with Crippen molar-refractivity contribution >= 4 is 49.1 Å². The van der Waals surface area contributed by atoms with E-state index in [-0.39, 0.29) is 22.7 Å². The Morgan fingerprint density at radius 2 is 1.64 bits per heavy atom. The Balaban J connectivity index is 1.85. The van der Waals surface area contributed by atoms with Gasteiger partial charge in [-0.2, -0.15) is 0 Å². The van der Waals surface area contributed by atoms with Crippen LogP contribution in [0.2, 0.25) is 5.02 Å². The van der Waals surface area contributed by atoms with Gasteiger partial charge in [0.1, 0.15) is 0 Å². The Labute approximate surface area is 176 Å². The van der Waals surface area contributed by atoms with Gasteiger partial charge in [0.25, 0.3) is 10.0 Å². The first-order valence-electron chi connectivity index (χ1n) is 8.19. The van der Waals surface area contributed by atoms with Crippen LogP contribution in [-0.2, 0) is 16.6 Å². The van der Waals surface area contributed by atoms with E-state index in [1.807, 2.05) is 0 Å². The number of para-hydroxylation sites is 1. The van der Waals surface area contributed by atoms with Crippen LogP contribution in [-0.4, -0.2) is 14.3 Å². The lowest BCUT2D eigenvalue weighted by molar-refractivity contribution is -0.213. The molecule has 144 valence electrons. The summed E-state index contributed by atoms with van der Waals surface area (Å²) in [6.07, 6.45) is 0. The maximum Gasteiger partial charge on any atom is 0.261 e. The number of sulfonamides is 1. The minimum absolute atomic E-state index is 0.0936. The van der Waals surface area contributed by atoms with E-state index in [0.717, 1.165) is 10.0 Å². The van der Waals surface area contributed by atoms with Crippen LogP contribution in [0.1, 0.15) is 11.1 Å². The average Bonchev–Trinajstić information content (AvgIpc) is 2.68. The Morgan fingerprint density at radius 1 is 1.00 bits per heavy atom. The van der Waals surface area contributed by atoms with Gasteiger partial charge in [-0.25, -0.2) is 8.42 Å². The maximum atomic E-state index is 12.6. The standard InChI is InChI=1S/C20H16BrClN2O3S/c21-15-7-11-17(12-8-15)28(26,27)24-19-4-2-1-3-18(19)20(25)23-13-14-5-9-16(22)10-6-14/h1-12,24H,13H2,(H,23,25)/p-1. The molecule has 3 aromatic rings. The third kappa shape index (κ3) is 5.13. The number of nitrogens with one attached hydrogen (secondary N) is 1. The van der Waals surface area contributed by atoms with E-state index in [9.17, 15) is 13.5 Å². The maximum absolute atomic E-state index is 12.6. The third-order valence-electron chi connectivity index (χ3n) is 3.84. The molecule has 0 atom stereocenters. The van der Waals surface area contributed by atoms with Gasteiger partial charge >= 0.3 is 0 Å². The zero-order valence-corrected chi connectivity index (χ0v) is 17.6. The van der Waals surface area contributed by atoms with Crippen LogP contribution in [0.25, 0.3) is 0 Å². The molecule has 0 bridgehead atoms. The molecule has 0 heterocycles. The molecular weight excluding hydrogens is 464 g/mol. The van der Waals surface area contributed by atoms with Crippen LogP contribution in [0, 0.1) is 0 Å². The van der Waals surface area contributed by atoms with E-state index in [1.54, 1.807) is 48.5 Å². The Hall–Kier alpha value is -2.35. The van der Waals surface area contributed by atoms with Gasteiger partial charge in [0.15, 0.2) is 0 Å². The topological polar surface area (TPSA) is 81.6 Å². The van der Waals surface area contributed by atoms with Crippen LogP contribution in [0.4, 0.5) is 5.69 Å². The second-order valence-corrected chi connectivity index (χ2v) is 8.89. The highest BCUT2D eigenvalue weighted by Crippen LogP contribution is 2.21. The number of nitrogens with zero attached hydrogens (tertiary/aromatic N) is 1. The molecule has 5 nitrogen and oxygen atoms in total. The first kappa shape index (κ1) is 20.4.